The Morgan fingerprint density at radius 3 is 2.81 bits per heavy atom. The van der Waals surface area contributed by atoms with Crippen molar-refractivity contribution in [2.24, 2.45) is 5.92 Å². The molecule has 2 N–H and O–H groups in total. The minimum Gasteiger partial charge on any atom is -0.367 e. The van der Waals surface area contributed by atoms with Gasteiger partial charge in [0, 0.05) is 10.9 Å². The van der Waals surface area contributed by atoms with Gasteiger partial charge in [-0.05, 0) is 31.6 Å². The van der Waals surface area contributed by atoms with Crippen molar-refractivity contribution in [3.63, 3.8) is 0 Å². The maximum absolute atomic E-state index is 13.2. The molecule has 3 unspecified atom stereocenters. The Labute approximate surface area is 185 Å². The van der Waals surface area contributed by atoms with Crippen molar-refractivity contribution in [1.29, 1.82) is 0 Å². The molecular weight excluding hydrogens is 414 g/mol. The van der Waals surface area contributed by atoms with Crippen LogP contribution in [0.1, 0.15) is 50.0 Å². The van der Waals surface area contributed by atoms with Gasteiger partial charge in [-0.15, -0.1) is 11.3 Å². The van der Waals surface area contributed by atoms with Crippen LogP contribution >= 0.6 is 11.3 Å². The molecule has 3 atom stereocenters. The summed E-state index contributed by atoms with van der Waals surface area (Å²) in [5.41, 5.74) is 0.273. The van der Waals surface area contributed by atoms with E-state index >= 15 is 0 Å². The third kappa shape index (κ3) is 4.41. The van der Waals surface area contributed by atoms with Crippen LogP contribution in [0.25, 0.3) is 10.6 Å². The second-order valence-corrected chi connectivity index (χ2v) is 9.49. The van der Waals surface area contributed by atoms with Crippen LogP contribution in [0, 0.1) is 5.92 Å². The number of Topliss-reactive ketones (excluding diaryl/α,β-unsaturated/α-hetero) is 1. The minimum atomic E-state index is -0.946. The number of fused-ring (bicyclic) bond motifs is 1. The predicted octanol–water partition coefficient (Wildman–Crippen LogP) is 2.96. The Kier molecular flexibility index (Phi) is 6.20. The van der Waals surface area contributed by atoms with E-state index in [-0.39, 0.29) is 36.0 Å². The molecule has 2 heterocycles. The zero-order valence-electron chi connectivity index (χ0n) is 17.7. The number of amides is 2. The predicted molar refractivity (Wildman–Crippen MR) is 118 cm³/mol. The Bertz CT molecular complexity index is 974. The van der Waals surface area contributed by atoms with Crippen molar-refractivity contribution in [2.45, 2.75) is 57.2 Å². The molecule has 1 aliphatic carbocycles. The molecule has 164 valence electrons. The van der Waals surface area contributed by atoms with Crippen molar-refractivity contribution in [3.05, 3.63) is 41.4 Å². The number of hydrogen-bond donors (Lipinski definition) is 2. The summed E-state index contributed by atoms with van der Waals surface area (Å²) in [5, 5.41) is 8.23. The van der Waals surface area contributed by atoms with Gasteiger partial charge in [0.15, 0.2) is 5.78 Å². The molecule has 2 fully saturated rings. The molecule has 1 aromatic heterocycles. The van der Waals surface area contributed by atoms with Gasteiger partial charge in [0.2, 0.25) is 5.91 Å². The maximum atomic E-state index is 13.2. The van der Waals surface area contributed by atoms with Gasteiger partial charge in [0.05, 0.1) is 6.10 Å². The van der Waals surface area contributed by atoms with Crippen LogP contribution in [0.5, 0.6) is 0 Å². The van der Waals surface area contributed by atoms with Crippen LogP contribution in [-0.2, 0) is 14.3 Å². The smallest absolute Gasteiger partial charge is 0.271 e. The summed E-state index contributed by atoms with van der Waals surface area (Å²) < 4.78 is 5.59. The first-order chi connectivity index (χ1) is 14.9. The summed E-state index contributed by atoms with van der Waals surface area (Å²) in [4.78, 5) is 43.0. The zero-order valence-corrected chi connectivity index (χ0v) is 18.5. The van der Waals surface area contributed by atoms with Gasteiger partial charge in [0.1, 0.15) is 28.9 Å². The molecule has 2 aromatic rings. The fraction of sp³-hybridized carbons (Fsp3) is 0.478. The lowest BCUT2D eigenvalue weighted by molar-refractivity contribution is -0.131. The van der Waals surface area contributed by atoms with Crippen molar-refractivity contribution in [1.82, 2.24) is 15.6 Å². The van der Waals surface area contributed by atoms with Crippen LogP contribution in [-0.4, -0.2) is 46.9 Å². The number of ether oxygens (including phenoxy) is 1. The monoisotopic (exact) mass is 441 g/mol. The molecule has 2 amide bonds. The van der Waals surface area contributed by atoms with Crippen LogP contribution in [0.2, 0.25) is 0 Å². The molecule has 1 aliphatic heterocycles. The van der Waals surface area contributed by atoms with E-state index in [0.717, 1.165) is 23.4 Å². The number of ketones is 1. The first-order valence-corrected chi connectivity index (χ1v) is 11.6. The van der Waals surface area contributed by atoms with Gasteiger partial charge < -0.3 is 15.4 Å². The molecule has 8 heteroatoms. The molecule has 2 aliphatic rings. The number of aromatic nitrogens is 1. The highest BCUT2D eigenvalue weighted by Crippen LogP contribution is 2.38. The highest BCUT2D eigenvalue weighted by Gasteiger charge is 2.55. The Balaban J connectivity index is 1.48. The van der Waals surface area contributed by atoms with Gasteiger partial charge in [-0.1, -0.05) is 44.2 Å². The van der Waals surface area contributed by atoms with Crippen molar-refractivity contribution >= 4 is 28.9 Å². The number of benzene rings is 1. The second kappa shape index (κ2) is 8.88. The molecule has 1 aromatic carbocycles. The number of carbonyl (C=O) groups is 3. The lowest BCUT2D eigenvalue weighted by Gasteiger charge is -2.30. The minimum absolute atomic E-state index is 0.0350. The summed E-state index contributed by atoms with van der Waals surface area (Å²) in [5.74, 6) is -0.635. The van der Waals surface area contributed by atoms with Crippen molar-refractivity contribution < 1.29 is 19.1 Å². The van der Waals surface area contributed by atoms with E-state index in [0.29, 0.717) is 12.8 Å². The van der Waals surface area contributed by atoms with E-state index in [9.17, 15) is 14.4 Å². The highest BCUT2D eigenvalue weighted by atomic mass is 32.1. The third-order valence-electron chi connectivity index (χ3n) is 5.93. The third-order valence-corrected chi connectivity index (χ3v) is 6.82. The first-order valence-electron chi connectivity index (χ1n) is 10.7. The lowest BCUT2D eigenvalue weighted by Crippen LogP contribution is -2.60. The van der Waals surface area contributed by atoms with Crippen LogP contribution in [0.4, 0.5) is 0 Å². The van der Waals surface area contributed by atoms with Crippen LogP contribution in [0.15, 0.2) is 35.7 Å². The van der Waals surface area contributed by atoms with E-state index in [1.165, 1.54) is 11.3 Å². The average molecular weight is 442 g/mol. The SMILES string of the molecule is CC(C)CC(NC(=O)c1csc(-c2ccccc2)n1)C(=O)NC12CCCC1OCC2=O. The quantitative estimate of drug-likeness (QED) is 0.689. The fourth-order valence-electron chi connectivity index (χ4n) is 4.37. The van der Waals surface area contributed by atoms with E-state index in [1.54, 1.807) is 5.38 Å². The fourth-order valence-corrected chi connectivity index (χ4v) is 5.18. The molecule has 0 radical (unpaired) electrons. The van der Waals surface area contributed by atoms with E-state index in [1.807, 2.05) is 44.2 Å². The molecule has 0 bridgehead atoms. The standard InChI is InChI=1S/C23H27N3O4S/c1-14(2)11-16(21(29)26-23-10-6-9-19(23)30-12-18(23)27)24-20(28)17-13-31-22(25-17)15-7-4-3-5-8-15/h3-5,7-8,13-14,16,19H,6,9-12H2,1-2H3,(H,24,28)(H,26,29). The molecule has 0 spiro atoms. The number of nitrogens with zero attached hydrogens (tertiary/aromatic N) is 1. The van der Waals surface area contributed by atoms with Gasteiger partial charge >= 0.3 is 0 Å². The van der Waals surface area contributed by atoms with Crippen LogP contribution < -0.4 is 10.6 Å². The van der Waals surface area contributed by atoms with E-state index in [4.69, 9.17) is 4.74 Å². The first kappa shape index (κ1) is 21.6. The number of thiazole rings is 1. The topological polar surface area (TPSA) is 97.4 Å². The maximum Gasteiger partial charge on any atom is 0.271 e. The van der Waals surface area contributed by atoms with E-state index in [2.05, 4.69) is 15.6 Å². The number of hydrogen-bond acceptors (Lipinski definition) is 6. The summed E-state index contributed by atoms with van der Waals surface area (Å²) >= 11 is 1.38. The Morgan fingerprint density at radius 1 is 1.29 bits per heavy atom. The van der Waals surface area contributed by atoms with Gasteiger partial charge in [-0.2, -0.15) is 0 Å². The van der Waals surface area contributed by atoms with E-state index < -0.39 is 17.5 Å². The van der Waals surface area contributed by atoms with Gasteiger partial charge in [-0.25, -0.2) is 4.98 Å². The average Bonchev–Trinajstić information content (AvgIpc) is 3.45. The highest BCUT2D eigenvalue weighted by molar-refractivity contribution is 7.13. The zero-order chi connectivity index (χ0) is 22.0. The number of carbonyl (C=O) groups excluding carboxylic acids is 3. The molecule has 31 heavy (non-hydrogen) atoms. The largest absolute Gasteiger partial charge is 0.367 e. The molecule has 4 rings (SSSR count). The normalized spacial score (nSPS) is 23.6. The molecule has 7 nitrogen and oxygen atoms in total. The van der Waals surface area contributed by atoms with Crippen molar-refractivity contribution in [3.8, 4) is 10.6 Å². The van der Waals surface area contributed by atoms with Gasteiger partial charge in [-0.3, -0.25) is 14.4 Å². The lowest BCUT2D eigenvalue weighted by atomic mass is 9.91. The summed E-state index contributed by atoms with van der Waals surface area (Å²) in [6.07, 6.45) is 2.36. The number of rotatable bonds is 7. The molecular formula is C23H27N3O4S. The summed E-state index contributed by atoms with van der Waals surface area (Å²) in [7, 11) is 0. The number of nitrogens with one attached hydrogen (secondary N) is 2. The van der Waals surface area contributed by atoms with Gasteiger partial charge in [0.25, 0.3) is 5.91 Å². The molecule has 1 saturated heterocycles. The van der Waals surface area contributed by atoms with Crippen molar-refractivity contribution in [2.75, 3.05) is 6.61 Å². The summed E-state index contributed by atoms with van der Waals surface area (Å²) in [6.45, 7) is 4.01. The Hall–Kier alpha value is -2.58. The Morgan fingerprint density at radius 2 is 2.06 bits per heavy atom. The molecule has 1 saturated carbocycles. The van der Waals surface area contributed by atoms with Crippen LogP contribution in [0.3, 0.4) is 0 Å². The summed E-state index contributed by atoms with van der Waals surface area (Å²) in [6, 6.07) is 8.89. The second-order valence-electron chi connectivity index (χ2n) is 8.64.